The first kappa shape index (κ1) is 14.8. The largest absolute Gasteiger partial charge is 0.385 e. The van der Waals surface area contributed by atoms with Crippen molar-refractivity contribution in [1.82, 2.24) is 10.6 Å². The Morgan fingerprint density at radius 3 is 2.63 bits per heavy atom. The average Bonchev–Trinajstić information content (AvgIpc) is 3.18. The van der Waals surface area contributed by atoms with Gasteiger partial charge in [-0.05, 0) is 37.5 Å². The van der Waals surface area contributed by atoms with E-state index in [1.807, 2.05) is 0 Å². The summed E-state index contributed by atoms with van der Waals surface area (Å²) < 4.78 is 5.14. The number of hydrogen-bond donors (Lipinski definition) is 2. The number of rotatable bonds is 8. The molecule has 4 nitrogen and oxygen atoms in total. The van der Waals surface area contributed by atoms with Crippen molar-refractivity contribution in [3.05, 3.63) is 0 Å². The molecule has 2 saturated carbocycles. The van der Waals surface area contributed by atoms with Crippen LogP contribution in [0.4, 0.5) is 0 Å². The number of carbonyl (C=O) groups is 1. The van der Waals surface area contributed by atoms with Gasteiger partial charge in [0, 0.05) is 26.3 Å². The molecule has 0 bridgehead atoms. The lowest BCUT2D eigenvalue weighted by molar-refractivity contribution is -0.121. The van der Waals surface area contributed by atoms with Crippen LogP contribution < -0.4 is 10.6 Å². The molecule has 0 aromatic rings. The highest BCUT2D eigenvalue weighted by Crippen LogP contribution is 2.48. The molecule has 2 N–H and O–H groups in total. The van der Waals surface area contributed by atoms with Gasteiger partial charge in [0.2, 0.25) is 5.91 Å². The van der Waals surface area contributed by atoms with E-state index in [9.17, 15) is 4.79 Å². The van der Waals surface area contributed by atoms with E-state index >= 15 is 0 Å². The van der Waals surface area contributed by atoms with Crippen LogP contribution in [0.15, 0.2) is 0 Å². The lowest BCUT2D eigenvalue weighted by Gasteiger charge is -2.23. The van der Waals surface area contributed by atoms with E-state index in [2.05, 4.69) is 10.6 Å². The molecule has 0 heterocycles. The molecule has 1 amide bonds. The van der Waals surface area contributed by atoms with E-state index in [0.717, 1.165) is 32.4 Å². The van der Waals surface area contributed by atoms with Gasteiger partial charge in [0.05, 0.1) is 6.54 Å². The third-order valence-electron chi connectivity index (χ3n) is 4.55. The highest BCUT2D eigenvalue weighted by atomic mass is 16.5. The lowest BCUT2D eigenvalue weighted by Crippen LogP contribution is -2.42. The molecule has 0 spiro atoms. The Morgan fingerprint density at radius 2 is 2.00 bits per heavy atom. The Kier molecular flexibility index (Phi) is 5.64. The molecule has 2 rings (SSSR count). The summed E-state index contributed by atoms with van der Waals surface area (Å²) in [5, 5.41) is 6.46. The van der Waals surface area contributed by atoms with Crippen LogP contribution in [0.25, 0.3) is 0 Å². The maximum atomic E-state index is 11.8. The Labute approximate surface area is 116 Å². The summed E-state index contributed by atoms with van der Waals surface area (Å²) in [6.45, 7) is 2.25. The topological polar surface area (TPSA) is 50.4 Å². The van der Waals surface area contributed by atoms with Crippen molar-refractivity contribution in [2.45, 2.75) is 57.4 Å². The maximum absolute atomic E-state index is 11.8. The molecule has 2 aliphatic carbocycles. The van der Waals surface area contributed by atoms with Crippen molar-refractivity contribution in [1.29, 1.82) is 0 Å². The maximum Gasteiger partial charge on any atom is 0.234 e. The molecule has 0 unspecified atom stereocenters. The predicted octanol–water partition coefficient (Wildman–Crippen LogP) is 1.84. The quantitative estimate of drug-likeness (QED) is 0.706. The molecule has 0 aromatic heterocycles. The normalized spacial score (nSPS) is 22.2. The summed E-state index contributed by atoms with van der Waals surface area (Å²) in [4.78, 5) is 11.8. The number of hydrogen-bond acceptors (Lipinski definition) is 3. The fraction of sp³-hybridized carbons (Fsp3) is 0.933. The van der Waals surface area contributed by atoms with Gasteiger partial charge in [-0.1, -0.05) is 19.3 Å². The van der Waals surface area contributed by atoms with E-state index < -0.39 is 0 Å². The van der Waals surface area contributed by atoms with Gasteiger partial charge in [0.15, 0.2) is 0 Å². The van der Waals surface area contributed by atoms with Crippen LogP contribution in [-0.2, 0) is 9.53 Å². The zero-order chi connectivity index (χ0) is 13.6. The molecule has 0 radical (unpaired) electrons. The van der Waals surface area contributed by atoms with Crippen molar-refractivity contribution in [3.8, 4) is 0 Å². The summed E-state index contributed by atoms with van der Waals surface area (Å²) in [7, 11) is 1.75. The van der Waals surface area contributed by atoms with Crippen LogP contribution in [-0.4, -0.2) is 38.8 Å². The third kappa shape index (κ3) is 5.11. The van der Waals surface area contributed by atoms with E-state index in [-0.39, 0.29) is 5.91 Å². The average molecular weight is 268 g/mol. The van der Waals surface area contributed by atoms with Crippen molar-refractivity contribution in [3.63, 3.8) is 0 Å². The number of nitrogens with one attached hydrogen (secondary N) is 2. The van der Waals surface area contributed by atoms with Gasteiger partial charge in [-0.2, -0.15) is 0 Å². The van der Waals surface area contributed by atoms with Crippen molar-refractivity contribution in [2.75, 3.05) is 26.8 Å². The highest BCUT2D eigenvalue weighted by Gasteiger charge is 2.41. The second-order valence-corrected chi connectivity index (χ2v) is 6.25. The molecule has 2 aliphatic rings. The number of amides is 1. The number of carbonyl (C=O) groups excluding carboxylic acids is 1. The predicted molar refractivity (Wildman–Crippen MR) is 76.0 cm³/mol. The standard InChI is InChI=1S/C15H28N2O2/c1-19-10-9-15(7-8-15)12-16-11-14(18)17-13-5-3-2-4-6-13/h13,16H,2-12H2,1H3,(H,17,18). The first-order valence-corrected chi connectivity index (χ1v) is 7.73. The Hall–Kier alpha value is -0.610. The zero-order valence-corrected chi connectivity index (χ0v) is 12.2. The molecular formula is C15H28N2O2. The van der Waals surface area contributed by atoms with E-state index in [0.29, 0.717) is 18.0 Å². The summed E-state index contributed by atoms with van der Waals surface area (Å²) in [5.74, 6) is 0.162. The zero-order valence-electron chi connectivity index (χ0n) is 12.2. The fourth-order valence-electron chi connectivity index (χ4n) is 2.98. The Bertz CT molecular complexity index is 284. The van der Waals surface area contributed by atoms with Crippen LogP contribution in [0.5, 0.6) is 0 Å². The van der Waals surface area contributed by atoms with Crippen molar-refractivity contribution < 1.29 is 9.53 Å². The van der Waals surface area contributed by atoms with Gasteiger partial charge >= 0.3 is 0 Å². The van der Waals surface area contributed by atoms with Crippen molar-refractivity contribution in [2.24, 2.45) is 5.41 Å². The first-order valence-electron chi connectivity index (χ1n) is 7.73. The summed E-state index contributed by atoms with van der Waals surface area (Å²) in [5.41, 5.74) is 0.418. The summed E-state index contributed by atoms with van der Waals surface area (Å²) >= 11 is 0. The van der Waals surface area contributed by atoms with Crippen LogP contribution in [0.3, 0.4) is 0 Å². The molecule has 0 aromatic carbocycles. The third-order valence-corrected chi connectivity index (χ3v) is 4.55. The molecule has 2 fully saturated rings. The molecular weight excluding hydrogens is 240 g/mol. The van der Waals surface area contributed by atoms with Crippen LogP contribution in [0.2, 0.25) is 0 Å². The second-order valence-electron chi connectivity index (χ2n) is 6.25. The molecule has 0 aliphatic heterocycles. The number of ether oxygens (including phenoxy) is 1. The SMILES string of the molecule is COCCC1(CNCC(=O)NC2CCCCC2)CC1. The first-order chi connectivity index (χ1) is 9.24. The van der Waals surface area contributed by atoms with Gasteiger partial charge in [-0.25, -0.2) is 0 Å². The Balaban J connectivity index is 1.56. The minimum Gasteiger partial charge on any atom is -0.385 e. The fourth-order valence-corrected chi connectivity index (χ4v) is 2.98. The lowest BCUT2D eigenvalue weighted by atomic mass is 9.95. The smallest absolute Gasteiger partial charge is 0.234 e. The van der Waals surface area contributed by atoms with Crippen LogP contribution >= 0.6 is 0 Å². The van der Waals surface area contributed by atoms with Gasteiger partial charge in [0.1, 0.15) is 0 Å². The Morgan fingerprint density at radius 1 is 1.26 bits per heavy atom. The molecule has 0 atom stereocenters. The minimum atomic E-state index is 0.162. The van der Waals surface area contributed by atoms with Gasteiger partial charge < -0.3 is 15.4 Å². The van der Waals surface area contributed by atoms with Crippen LogP contribution in [0.1, 0.15) is 51.4 Å². The van der Waals surface area contributed by atoms with Gasteiger partial charge in [-0.3, -0.25) is 4.79 Å². The second kappa shape index (κ2) is 7.25. The molecule has 19 heavy (non-hydrogen) atoms. The molecule has 4 heteroatoms. The monoisotopic (exact) mass is 268 g/mol. The highest BCUT2D eigenvalue weighted by molar-refractivity contribution is 5.78. The number of methoxy groups -OCH3 is 1. The van der Waals surface area contributed by atoms with Gasteiger partial charge in [0.25, 0.3) is 0 Å². The van der Waals surface area contributed by atoms with Gasteiger partial charge in [-0.15, -0.1) is 0 Å². The van der Waals surface area contributed by atoms with Crippen molar-refractivity contribution >= 4 is 5.91 Å². The van der Waals surface area contributed by atoms with Crippen LogP contribution in [0, 0.1) is 5.41 Å². The molecule has 0 saturated heterocycles. The molecule has 110 valence electrons. The minimum absolute atomic E-state index is 0.162. The van der Waals surface area contributed by atoms with E-state index in [1.165, 1.54) is 32.1 Å². The van der Waals surface area contributed by atoms with E-state index in [1.54, 1.807) is 7.11 Å². The van der Waals surface area contributed by atoms with E-state index in [4.69, 9.17) is 4.74 Å². The summed E-state index contributed by atoms with van der Waals surface area (Å²) in [6.07, 6.45) is 9.82. The summed E-state index contributed by atoms with van der Waals surface area (Å²) in [6, 6.07) is 0.423.